The van der Waals surface area contributed by atoms with Crippen molar-refractivity contribution in [3.8, 4) is 5.75 Å². The third kappa shape index (κ3) is 8.14. The number of anilines is 2. The van der Waals surface area contributed by atoms with Crippen LogP contribution < -0.4 is 15.4 Å². The summed E-state index contributed by atoms with van der Waals surface area (Å²) < 4.78 is 5.96. The van der Waals surface area contributed by atoms with Gasteiger partial charge in [0.15, 0.2) is 0 Å². The smallest absolute Gasteiger partial charge is 0.326 e. The Bertz CT molecular complexity index is 1410. The molecule has 0 saturated heterocycles. The predicted molar refractivity (Wildman–Crippen MR) is 162 cm³/mol. The first-order valence-corrected chi connectivity index (χ1v) is 14.5. The number of carboxylic acids is 1. The molecule has 0 aliphatic carbocycles. The van der Waals surface area contributed by atoms with Gasteiger partial charge in [0.1, 0.15) is 36.4 Å². The van der Waals surface area contributed by atoms with Crippen LogP contribution in [-0.4, -0.2) is 69.8 Å². The highest BCUT2D eigenvalue weighted by Crippen LogP contribution is 2.21. The summed E-state index contributed by atoms with van der Waals surface area (Å²) in [6.45, 7) is 3.70. The van der Waals surface area contributed by atoms with Crippen molar-refractivity contribution < 1.29 is 14.6 Å². The van der Waals surface area contributed by atoms with Gasteiger partial charge in [0.2, 0.25) is 0 Å². The van der Waals surface area contributed by atoms with Crippen molar-refractivity contribution in [3.05, 3.63) is 84.3 Å². The standard InChI is InChI=1S/C32H38N6O3/c39-32(40)29(37-31-27-13-4-5-14-28(27)34-23-35-31)17-20-38(21-22-41-26-11-2-1-3-12-26)19-7-6-10-25-16-15-24-9-8-18-33-30(24)36-25/h1-5,11-16,23,29H,6-10,17-22H2,(H,33,36)(H,39,40)(H,34,35,37)/t29-/m0/s1. The number of nitrogens with zero attached hydrogens (tertiary/aromatic N) is 4. The molecule has 0 saturated carbocycles. The molecule has 3 N–H and O–H groups in total. The van der Waals surface area contributed by atoms with Crippen LogP contribution in [0.15, 0.2) is 73.1 Å². The first kappa shape index (κ1) is 28.3. The number of aliphatic carboxylic acids is 1. The molecule has 2 aromatic carbocycles. The number of ether oxygens (including phenoxy) is 1. The van der Waals surface area contributed by atoms with Crippen LogP contribution >= 0.6 is 0 Å². The SMILES string of the molecule is O=C(O)[C@H](CCN(CCCCc1ccc2c(n1)NCCC2)CCOc1ccccc1)Nc1ncnc2ccccc12. The minimum absolute atomic E-state index is 0.428. The van der Waals surface area contributed by atoms with Gasteiger partial charge < -0.3 is 20.5 Å². The first-order chi connectivity index (χ1) is 20.2. The van der Waals surface area contributed by atoms with Gasteiger partial charge in [0, 0.05) is 30.7 Å². The Hall–Kier alpha value is -4.24. The molecule has 0 bridgehead atoms. The zero-order chi connectivity index (χ0) is 28.3. The lowest BCUT2D eigenvalue weighted by atomic mass is 10.1. The average Bonchev–Trinajstić information content (AvgIpc) is 3.01. The van der Waals surface area contributed by atoms with Crippen LogP contribution in [0.5, 0.6) is 5.75 Å². The molecule has 4 aromatic rings. The van der Waals surface area contributed by atoms with E-state index in [0.717, 1.165) is 73.4 Å². The quantitative estimate of drug-likeness (QED) is 0.174. The van der Waals surface area contributed by atoms with Crippen LogP contribution in [0, 0.1) is 0 Å². The molecular weight excluding hydrogens is 516 g/mol. The highest BCUT2D eigenvalue weighted by molar-refractivity contribution is 5.90. The summed E-state index contributed by atoms with van der Waals surface area (Å²) in [4.78, 5) is 27.9. The van der Waals surface area contributed by atoms with Crippen molar-refractivity contribution in [1.29, 1.82) is 0 Å². The van der Waals surface area contributed by atoms with Crippen molar-refractivity contribution >= 4 is 28.5 Å². The highest BCUT2D eigenvalue weighted by Gasteiger charge is 2.20. The lowest BCUT2D eigenvalue weighted by Gasteiger charge is -2.25. The van der Waals surface area contributed by atoms with E-state index in [1.807, 2.05) is 54.6 Å². The summed E-state index contributed by atoms with van der Waals surface area (Å²) in [7, 11) is 0. The molecule has 214 valence electrons. The Morgan fingerprint density at radius 1 is 1.00 bits per heavy atom. The maximum atomic E-state index is 12.2. The molecule has 9 nitrogen and oxygen atoms in total. The Labute approximate surface area is 241 Å². The van der Waals surface area contributed by atoms with E-state index in [9.17, 15) is 9.90 Å². The fraction of sp³-hybridized carbons (Fsp3) is 0.375. The second-order valence-corrected chi connectivity index (χ2v) is 10.4. The van der Waals surface area contributed by atoms with Crippen LogP contribution in [0.2, 0.25) is 0 Å². The number of unbranched alkanes of at least 4 members (excludes halogenated alkanes) is 1. The molecule has 9 heteroatoms. The second-order valence-electron chi connectivity index (χ2n) is 10.4. The number of nitrogens with one attached hydrogen (secondary N) is 2. The van der Waals surface area contributed by atoms with Gasteiger partial charge in [-0.05, 0) is 81.0 Å². The number of fused-ring (bicyclic) bond motifs is 2. The molecule has 2 aromatic heterocycles. The number of para-hydroxylation sites is 2. The average molecular weight is 555 g/mol. The van der Waals surface area contributed by atoms with Gasteiger partial charge in [0.25, 0.3) is 0 Å². The Morgan fingerprint density at radius 2 is 1.85 bits per heavy atom. The number of aryl methyl sites for hydroxylation is 2. The number of carbonyl (C=O) groups is 1. The fourth-order valence-electron chi connectivity index (χ4n) is 5.15. The van der Waals surface area contributed by atoms with Gasteiger partial charge in [0.05, 0.1) is 5.52 Å². The number of hydrogen-bond acceptors (Lipinski definition) is 8. The molecule has 3 heterocycles. The van der Waals surface area contributed by atoms with Crippen LogP contribution in [0.1, 0.15) is 36.9 Å². The fourth-order valence-corrected chi connectivity index (χ4v) is 5.15. The van der Waals surface area contributed by atoms with E-state index >= 15 is 0 Å². The van der Waals surface area contributed by atoms with Gasteiger partial charge in [-0.2, -0.15) is 0 Å². The Morgan fingerprint density at radius 3 is 2.73 bits per heavy atom. The lowest BCUT2D eigenvalue weighted by Crippen LogP contribution is -2.37. The van der Waals surface area contributed by atoms with Crippen LogP contribution in [-0.2, 0) is 17.6 Å². The van der Waals surface area contributed by atoms with Gasteiger partial charge in [-0.3, -0.25) is 4.90 Å². The van der Waals surface area contributed by atoms with E-state index < -0.39 is 12.0 Å². The zero-order valence-electron chi connectivity index (χ0n) is 23.3. The molecule has 0 unspecified atom stereocenters. The van der Waals surface area contributed by atoms with Gasteiger partial charge >= 0.3 is 5.97 Å². The molecule has 5 rings (SSSR count). The van der Waals surface area contributed by atoms with Gasteiger partial charge in [-0.25, -0.2) is 19.7 Å². The Balaban J connectivity index is 1.17. The van der Waals surface area contributed by atoms with Gasteiger partial charge in [-0.15, -0.1) is 0 Å². The molecule has 1 aliphatic rings. The topological polar surface area (TPSA) is 112 Å². The number of carboxylic acid groups (broad SMARTS) is 1. The summed E-state index contributed by atoms with van der Waals surface area (Å²) in [6, 6.07) is 20.9. The maximum absolute atomic E-state index is 12.2. The molecule has 0 amide bonds. The number of hydrogen-bond donors (Lipinski definition) is 3. The maximum Gasteiger partial charge on any atom is 0.326 e. The number of benzene rings is 2. The van der Waals surface area contributed by atoms with Crippen molar-refractivity contribution in [1.82, 2.24) is 19.9 Å². The predicted octanol–water partition coefficient (Wildman–Crippen LogP) is 5.04. The number of aromatic nitrogens is 3. The van der Waals surface area contributed by atoms with Crippen molar-refractivity contribution in [2.24, 2.45) is 0 Å². The Kier molecular flexibility index (Phi) is 9.94. The van der Waals surface area contributed by atoms with E-state index in [0.29, 0.717) is 31.9 Å². The monoisotopic (exact) mass is 554 g/mol. The molecule has 0 fully saturated rings. The third-order valence-electron chi connectivity index (χ3n) is 7.41. The summed E-state index contributed by atoms with van der Waals surface area (Å²) in [5, 5.41) is 17.4. The largest absolute Gasteiger partial charge is 0.492 e. The van der Waals surface area contributed by atoms with Crippen LogP contribution in [0.25, 0.3) is 10.9 Å². The molecule has 41 heavy (non-hydrogen) atoms. The first-order valence-electron chi connectivity index (χ1n) is 14.5. The summed E-state index contributed by atoms with van der Waals surface area (Å²) in [5.41, 5.74) is 3.20. The van der Waals surface area contributed by atoms with Gasteiger partial charge in [-0.1, -0.05) is 36.4 Å². The lowest BCUT2D eigenvalue weighted by molar-refractivity contribution is -0.138. The highest BCUT2D eigenvalue weighted by atomic mass is 16.5. The van der Waals surface area contributed by atoms with E-state index in [-0.39, 0.29) is 0 Å². The van der Waals surface area contributed by atoms with E-state index in [1.165, 1.54) is 11.9 Å². The molecule has 0 spiro atoms. The normalized spacial score (nSPS) is 13.4. The number of rotatable bonds is 15. The number of pyridine rings is 1. The molecule has 1 atom stereocenters. The summed E-state index contributed by atoms with van der Waals surface area (Å²) in [5.74, 6) is 1.51. The second kappa shape index (κ2) is 14.4. The van der Waals surface area contributed by atoms with E-state index in [2.05, 4.69) is 37.6 Å². The summed E-state index contributed by atoms with van der Waals surface area (Å²) >= 11 is 0. The van der Waals surface area contributed by atoms with Crippen LogP contribution in [0.3, 0.4) is 0 Å². The molecule has 0 radical (unpaired) electrons. The van der Waals surface area contributed by atoms with Crippen molar-refractivity contribution in [2.45, 2.75) is 44.6 Å². The summed E-state index contributed by atoms with van der Waals surface area (Å²) in [6.07, 6.45) is 7.06. The van der Waals surface area contributed by atoms with E-state index in [1.54, 1.807) is 0 Å². The molecule has 1 aliphatic heterocycles. The third-order valence-corrected chi connectivity index (χ3v) is 7.41. The minimum atomic E-state index is -0.903. The molecular formula is C32H38N6O3. The van der Waals surface area contributed by atoms with Crippen LogP contribution in [0.4, 0.5) is 11.6 Å². The van der Waals surface area contributed by atoms with Crippen molar-refractivity contribution in [2.75, 3.05) is 43.4 Å². The van der Waals surface area contributed by atoms with Crippen molar-refractivity contribution in [3.63, 3.8) is 0 Å². The minimum Gasteiger partial charge on any atom is -0.492 e. The zero-order valence-corrected chi connectivity index (χ0v) is 23.3. The van der Waals surface area contributed by atoms with E-state index in [4.69, 9.17) is 9.72 Å².